The Morgan fingerprint density at radius 2 is 1.59 bits per heavy atom. The van der Waals surface area contributed by atoms with Gasteiger partial charge in [0, 0.05) is 35.5 Å². The molecule has 1 saturated carbocycles. The number of carbonyl (C=O) groups excluding carboxylic acids is 2. The van der Waals surface area contributed by atoms with Gasteiger partial charge in [-0.15, -0.1) is 0 Å². The minimum Gasteiger partial charge on any atom is -0.350 e. The molecule has 0 aromatic carbocycles. The lowest BCUT2D eigenvalue weighted by molar-refractivity contribution is -0.105. The molecule has 0 aromatic rings. The van der Waals surface area contributed by atoms with Crippen molar-refractivity contribution in [2.75, 3.05) is 0 Å². The Kier molecular flexibility index (Phi) is 3.77. The zero-order valence-electron chi connectivity index (χ0n) is 10.3. The van der Waals surface area contributed by atoms with E-state index in [1.165, 1.54) is 19.3 Å². The molecule has 0 amide bonds. The first-order valence-electron chi connectivity index (χ1n) is 6.37. The second kappa shape index (κ2) is 5.30. The molecule has 0 aromatic heterocycles. The Balaban J connectivity index is 2.20. The molecule has 3 nitrogen and oxygen atoms in total. The monoisotopic (exact) mass is 233 g/mol. The first-order valence-corrected chi connectivity index (χ1v) is 6.37. The van der Waals surface area contributed by atoms with Crippen LogP contribution in [0, 0.1) is 5.92 Å². The summed E-state index contributed by atoms with van der Waals surface area (Å²) in [5, 5.41) is 0. The van der Waals surface area contributed by atoms with Crippen LogP contribution in [0.3, 0.4) is 0 Å². The van der Waals surface area contributed by atoms with E-state index in [-0.39, 0.29) is 5.92 Å². The molecule has 92 valence electrons. The van der Waals surface area contributed by atoms with Crippen molar-refractivity contribution in [1.82, 2.24) is 4.90 Å². The maximum atomic E-state index is 11.0. The van der Waals surface area contributed by atoms with Gasteiger partial charge in [-0.05, 0) is 12.8 Å². The molecule has 17 heavy (non-hydrogen) atoms. The van der Waals surface area contributed by atoms with E-state index in [9.17, 15) is 9.59 Å². The van der Waals surface area contributed by atoms with Crippen molar-refractivity contribution in [3.8, 4) is 0 Å². The van der Waals surface area contributed by atoms with Crippen LogP contribution < -0.4 is 0 Å². The molecule has 1 aliphatic heterocycles. The average Bonchev–Trinajstić information content (AvgIpc) is 2.40. The van der Waals surface area contributed by atoms with E-state index in [1.807, 2.05) is 19.3 Å². The first kappa shape index (κ1) is 12.1. The van der Waals surface area contributed by atoms with Crippen LogP contribution in [0.1, 0.15) is 39.0 Å². The number of aldehydes is 2. The molecular formula is C14H19NO2. The Labute approximate surface area is 102 Å². The molecule has 0 saturated heterocycles. The van der Waals surface area contributed by atoms with Gasteiger partial charge >= 0.3 is 0 Å². The van der Waals surface area contributed by atoms with Gasteiger partial charge in [0.2, 0.25) is 0 Å². The summed E-state index contributed by atoms with van der Waals surface area (Å²) in [6, 6.07) is 0.459. The molecule has 2 rings (SSSR count). The molecule has 3 heteroatoms. The molecule has 1 aliphatic carbocycles. The van der Waals surface area contributed by atoms with Gasteiger partial charge in [0.05, 0.1) is 0 Å². The predicted molar refractivity (Wildman–Crippen MR) is 66.2 cm³/mol. The third kappa shape index (κ3) is 2.48. The molecule has 2 aliphatic rings. The van der Waals surface area contributed by atoms with Crippen molar-refractivity contribution >= 4 is 12.6 Å². The maximum absolute atomic E-state index is 11.0. The van der Waals surface area contributed by atoms with E-state index < -0.39 is 0 Å². The van der Waals surface area contributed by atoms with Crippen molar-refractivity contribution < 1.29 is 9.59 Å². The molecule has 0 atom stereocenters. The zero-order chi connectivity index (χ0) is 12.3. The largest absolute Gasteiger partial charge is 0.350 e. The normalized spacial score (nSPS) is 23.0. The zero-order valence-corrected chi connectivity index (χ0v) is 10.3. The molecule has 1 heterocycles. The van der Waals surface area contributed by atoms with Gasteiger partial charge in [0.15, 0.2) is 0 Å². The lowest BCUT2D eigenvalue weighted by Gasteiger charge is -2.35. The highest BCUT2D eigenvalue weighted by atomic mass is 16.1. The number of nitrogens with zero attached hydrogens (tertiary/aromatic N) is 1. The van der Waals surface area contributed by atoms with Crippen LogP contribution in [0.15, 0.2) is 23.5 Å². The molecule has 0 bridgehead atoms. The van der Waals surface area contributed by atoms with Gasteiger partial charge < -0.3 is 4.90 Å². The SMILES string of the molecule is CC1C(C=O)=CN(C2CCCCC2)C=C1C=O. The van der Waals surface area contributed by atoms with Crippen LogP contribution in [0.4, 0.5) is 0 Å². The van der Waals surface area contributed by atoms with Gasteiger partial charge in [0.1, 0.15) is 12.6 Å². The Bertz CT molecular complexity index is 338. The lowest BCUT2D eigenvalue weighted by atomic mass is 9.90. The summed E-state index contributed by atoms with van der Waals surface area (Å²) in [4.78, 5) is 24.1. The minimum atomic E-state index is -0.0650. The second-order valence-electron chi connectivity index (χ2n) is 4.95. The van der Waals surface area contributed by atoms with Crippen molar-refractivity contribution in [3.63, 3.8) is 0 Å². The van der Waals surface area contributed by atoms with Crippen LogP contribution in [-0.2, 0) is 9.59 Å². The van der Waals surface area contributed by atoms with Gasteiger partial charge in [-0.3, -0.25) is 9.59 Å². The number of allylic oxidation sites excluding steroid dienone is 2. The Morgan fingerprint density at radius 1 is 1.06 bits per heavy atom. The minimum absolute atomic E-state index is 0.0650. The van der Waals surface area contributed by atoms with E-state index in [0.717, 1.165) is 25.4 Å². The second-order valence-corrected chi connectivity index (χ2v) is 4.95. The molecule has 1 fully saturated rings. The van der Waals surface area contributed by atoms with Gasteiger partial charge in [-0.2, -0.15) is 0 Å². The van der Waals surface area contributed by atoms with Crippen LogP contribution in [0.25, 0.3) is 0 Å². The number of carbonyl (C=O) groups is 2. The highest BCUT2D eigenvalue weighted by Gasteiger charge is 2.24. The number of rotatable bonds is 3. The highest BCUT2D eigenvalue weighted by Crippen LogP contribution is 2.29. The standard InChI is InChI=1S/C14H19NO2/c1-11-12(9-16)7-15(8-13(11)10-17)14-5-3-2-4-6-14/h7-11,14H,2-6H2,1H3. The van der Waals surface area contributed by atoms with E-state index in [0.29, 0.717) is 17.2 Å². The summed E-state index contributed by atoms with van der Waals surface area (Å²) in [6.45, 7) is 1.90. The predicted octanol–water partition coefficient (Wildman–Crippen LogP) is 2.44. The highest BCUT2D eigenvalue weighted by molar-refractivity contribution is 5.83. The van der Waals surface area contributed by atoms with Crippen LogP contribution in [-0.4, -0.2) is 23.5 Å². The third-order valence-electron chi connectivity index (χ3n) is 3.86. The summed E-state index contributed by atoms with van der Waals surface area (Å²) in [5.74, 6) is -0.0650. The summed E-state index contributed by atoms with van der Waals surface area (Å²) in [7, 11) is 0. The fourth-order valence-corrected chi connectivity index (χ4v) is 2.65. The van der Waals surface area contributed by atoms with Gasteiger partial charge in [-0.1, -0.05) is 26.2 Å². The molecule has 0 N–H and O–H groups in total. The van der Waals surface area contributed by atoms with Crippen molar-refractivity contribution in [1.29, 1.82) is 0 Å². The van der Waals surface area contributed by atoms with Crippen molar-refractivity contribution in [3.05, 3.63) is 23.5 Å². The number of hydrogen-bond donors (Lipinski definition) is 0. The van der Waals surface area contributed by atoms with Crippen LogP contribution in [0.5, 0.6) is 0 Å². The quantitative estimate of drug-likeness (QED) is 0.703. The number of hydrogen-bond acceptors (Lipinski definition) is 3. The summed E-state index contributed by atoms with van der Waals surface area (Å²) >= 11 is 0. The average molecular weight is 233 g/mol. The van der Waals surface area contributed by atoms with E-state index in [1.54, 1.807) is 0 Å². The lowest BCUT2D eigenvalue weighted by Crippen LogP contribution is -2.32. The van der Waals surface area contributed by atoms with Crippen LogP contribution in [0.2, 0.25) is 0 Å². The maximum Gasteiger partial charge on any atom is 0.148 e. The summed E-state index contributed by atoms with van der Waals surface area (Å²) < 4.78 is 0. The third-order valence-corrected chi connectivity index (χ3v) is 3.86. The fourth-order valence-electron chi connectivity index (χ4n) is 2.65. The fraction of sp³-hybridized carbons (Fsp3) is 0.571. The molecule has 0 spiro atoms. The Hall–Kier alpha value is -1.38. The smallest absolute Gasteiger partial charge is 0.148 e. The van der Waals surface area contributed by atoms with Gasteiger partial charge in [0.25, 0.3) is 0 Å². The van der Waals surface area contributed by atoms with Crippen molar-refractivity contribution in [2.45, 2.75) is 45.1 Å². The molecule has 0 radical (unpaired) electrons. The van der Waals surface area contributed by atoms with E-state index in [2.05, 4.69) is 4.90 Å². The Morgan fingerprint density at radius 3 is 2.06 bits per heavy atom. The van der Waals surface area contributed by atoms with Crippen molar-refractivity contribution in [2.24, 2.45) is 5.92 Å². The van der Waals surface area contributed by atoms with E-state index in [4.69, 9.17) is 0 Å². The summed E-state index contributed by atoms with van der Waals surface area (Å²) in [5.41, 5.74) is 1.42. The topological polar surface area (TPSA) is 37.4 Å². The van der Waals surface area contributed by atoms with Crippen LogP contribution >= 0.6 is 0 Å². The van der Waals surface area contributed by atoms with Gasteiger partial charge in [-0.25, -0.2) is 0 Å². The molecule has 0 unspecified atom stereocenters. The molecular weight excluding hydrogens is 214 g/mol. The first-order chi connectivity index (χ1) is 8.26. The summed E-state index contributed by atoms with van der Waals surface area (Å²) in [6.07, 6.45) is 11.7. The van der Waals surface area contributed by atoms with E-state index >= 15 is 0 Å².